The molecule has 0 bridgehead atoms. The number of aromatic nitrogens is 1. The lowest BCUT2D eigenvalue weighted by Gasteiger charge is -2.32. The summed E-state index contributed by atoms with van der Waals surface area (Å²) in [4.78, 5) is 0. The van der Waals surface area contributed by atoms with Crippen molar-refractivity contribution >= 4 is 0 Å². The Morgan fingerprint density at radius 1 is 0.632 bits per heavy atom. The molecule has 0 aromatic carbocycles. The average Bonchev–Trinajstić information content (AvgIpc) is 2.36. The maximum Gasteiger partial charge on any atom is 0.0268 e. The van der Waals surface area contributed by atoms with Crippen molar-refractivity contribution in [2.24, 2.45) is 7.05 Å². The van der Waals surface area contributed by atoms with Gasteiger partial charge in [-0.05, 0) is 28.9 Å². The van der Waals surface area contributed by atoms with Gasteiger partial charge in [-0.1, -0.05) is 62.3 Å². The van der Waals surface area contributed by atoms with E-state index in [9.17, 15) is 0 Å². The minimum atomic E-state index is 0.172. The minimum absolute atomic E-state index is 0.172. The van der Waals surface area contributed by atoms with Crippen LogP contribution >= 0.6 is 0 Å². The van der Waals surface area contributed by atoms with Gasteiger partial charge in [0.1, 0.15) is 0 Å². The second-order valence-electron chi connectivity index (χ2n) is 8.99. The van der Waals surface area contributed by atoms with E-state index in [-0.39, 0.29) is 16.2 Å². The smallest absolute Gasteiger partial charge is 0.0268 e. The van der Waals surface area contributed by atoms with E-state index in [1.807, 2.05) is 0 Å². The largest absolute Gasteiger partial charge is 0.351 e. The van der Waals surface area contributed by atoms with E-state index >= 15 is 0 Å². The van der Waals surface area contributed by atoms with Crippen molar-refractivity contribution in [3.8, 4) is 0 Å². The van der Waals surface area contributed by atoms with Crippen LogP contribution in [0.5, 0.6) is 0 Å². The van der Waals surface area contributed by atoms with Crippen molar-refractivity contribution in [2.75, 3.05) is 0 Å². The van der Waals surface area contributed by atoms with Crippen LogP contribution in [0.2, 0.25) is 0 Å². The molecule has 1 aromatic heterocycles. The van der Waals surface area contributed by atoms with Gasteiger partial charge < -0.3 is 4.57 Å². The zero-order valence-corrected chi connectivity index (χ0v) is 14.9. The monoisotopic (exact) mass is 263 g/mol. The van der Waals surface area contributed by atoms with E-state index in [2.05, 4.69) is 80.9 Å². The molecule has 19 heavy (non-hydrogen) atoms. The summed E-state index contributed by atoms with van der Waals surface area (Å²) in [5.74, 6) is 0. The molecule has 0 radical (unpaired) electrons. The molecule has 0 amide bonds. The quantitative estimate of drug-likeness (QED) is 0.604. The molecule has 1 heteroatoms. The van der Waals surface area contributed by atoms with Crippen molar-refractivity contribution < 1.29 is 0 Å². The lowest BCUT2D eigenvalue weighted by molar-refractivity contribution is 0.490. The van der Waals surface area contributed by atoms with Crippen LogP contribution in [0.15, 0.2) is 0 Å². The van der Waals surface area contributed by atoms with Crippen LogP contribution < -0.4 is 0 Å². The van der Waals surface area contributed by atoms with Gasteiger partial charge in [0.2, 0.25) is 0 Å². The Morgan fingerprint density at radius 2 is 1.00 bits per heavy atom. The van der Waals surface area contributed by atoms with Gasteiger partial charge in [0.25, 0.3) is 0 Å². The summed E-state index contributed by atoms with van der Waals surface area (Å²) < 4.78 is 2.42. The highest BCUT2D eigenvalue weighted by Gasteiger charge is 2.36. The summed E-state index contributed by atoms with van der Waals surface area (Å²) in [6.07, 6.45) is 0. The fraction of sp³-hybridized carbons (Fsp3) is 0.778. The maximum atomic E-state index is 2.42. The summed E-state index contributed by atoms with van der Waals surface area (Å²) in [5.41, 5.74) is 6.53. The van der Waals surface area contributed by atoms with Crippen LogP contribution in [-0.4, -0.2) is 4.57 Å². The van der Waals surface area contributed by atoms with Crippen LogP contribution in [-0.2, 0) is 23.3 Å². The van der Waals surface area contributed by atoms with Crippen LogP contribution in [0.3, 0.4) is 0 Å². The number of hydrogen-bond acceptors (Lipinski definition) is 0. The summed E-state index contributed by atoms with van der Waals surface area (Å²) in [7, 11) is 2.22. The molecular weight excluding hydrogens is 230 g/mol. The van der Waals surface area contributed by atoms with Crippen molar-refractivity contribution in [3.63, 3.8) is 0 Å². The van der Waals surface area contributed by atoms with Crippen LogP contribution in [0.25, 0.3) is 0 Å². The minimum Gasteiger partial charge on any atom is -0.351 e. The Kier molecular flexibility index (Phi) is 3.78. The Hall–Kier alpha value is -0.720. The van der Waals surface area contributed by atoms with E-state index in [0.717, 1.165) is 0 Å². The second kappa shape index (κ2) is 4.40. The summed E-state index contributed by atoms with van der Waals surface area (Å²) in [6, 6.07) is 0. The van der Waals surface area contributed by atoms with Crippen molar-refractivity contribution in [1.82, 2.24) is 4.57 Å². The first kappa shape index (κ1) is 16.3. The van der Waals surface area contributed by atoms with Gasteiger partial charge in [0.05, 0.1) is 0 Å². The molecule has 0 spiro atoms. The molecule has 0 atom stereocenters. The van der Waals surface area contributed by atoms with Crippen molar-refractivity contribution in [3.05, 3.63) is 22.5 Å². The lowest BCUT2D eigenvalue weighted by atomic mass is 9.72. The predicted octanol–water partition coefficient (Wildman–Crippen LogP) is 5.23. The van der Waals surface area contributed by atoms with E-state index in [4.69, 9.17) is 0 Å². The Labute approximate surface area is 120 Å². The fourth-order valence-corrected chi connectivity index (χ4v) is 3.33. The third kappa shape index (κ3) is 2.90. The predicted molar refractivity (Wildman–Crippen MR) is 86.3 cm³/mol. The maximum absolute atomic E-state index is 2.42. The molecule has 1 rings (SSSR count). The molecule has 0 aliphatic rings. The second-order valence-corrected chi connectivity index (χ2v) is 8.99. The third-order valence-corrected chi connectivity index (χ3v) is 3.90. The zero-order valence-electron chi connectivity index (χ0n) is 14.9. The molecule has 1 nitrogen and oxygen atoms in total. The molecule has 0 saturated heterocycles. The van der Waals surface area contributed by atoms with Gasteiger partial charge in [-0.25, -0.2) is 0 Å². The topological polar surface area (TPSA) is 4.93 Å². The van der Waals surface area contributed by atoms with Gasteiger partial charge in [-0.15, -0.1) is 0 Å². The molecule has 110 valence electrons. The van der Waals surface area contributed by atoms with Gasteiger partial charge in [-0.2, -0.15) is 0 Å². The van der Waals surface area contributed by atoms with Crippen molar-refractivity contribution in [2.45, 2.75) is 85.5 Å². The van der Waals surface area contributed by atoms with Crippen LogP contribution in [0.4, 0.5) is 0 Å². The first-order chi connectivity index (χ1) is 8.19. The Balaban J connectivity index is 3.87. The molecular formula is C18H33N. The Morgan fingerprint density at radius 3 is 1.26 bits per heavy atom. The molecule has 0 unspecified atom stereocenters. The third-order valence-electron chi connectivity index (χ3n) is 3.90. The zero-order chi connectivity index (χ0) is 15.4. The molecule has 0 fully saturated rings. The highest BCUT2D eigenvalue weighted by Crippen LogP contribution is 2.43. The summed E-state index contributed by atoms with van der Waals surface area (Å²) >= 11 is 0. The first-order valence-electron chi connectivity index (χ1n) is 7.39. The van der Waals surface area contributed by atoms with E-state index < -0.39 is 0 Å². The fourth-order valence-electron chi connectivity index (χ4n) is 3.33. The van der Waals surface area contributed by atoms with Gasteiger partial charge in [-0.3, -0.25) is 0 Å². The number of hydrogen-bond donors (Lipinski definition) is 0. The van der Waals surface area contributed by atoms with Crippen LogP contribution in [0.1, 0.15) is 84.8 Å². The van der Waals surface area contributed by atoms with E-state index in [0.29, 0.717) is 0 Å². The molecule has 0 N–H and O–H groups in total. The number of nitrogens with zero attached hydrogens (tertiary/aromatic N) is 1. The van der Waals surface area contributed by atoms with Gasteiger partial charge in [0, 0.05) is 23.9 Å². The molecule has 0 aliphatic heterocycles. The SMILES string of the molecule is Cc1c(C(C)(C)C)c(C(C)(C)C)c(C(C)(C)C)n1C. The highest BCUT2D eigenvalue weighted by atomic mass is 15.0. The first-order valence-corrected chi connectivity index (χ1v) is 7.39. The highest BCUT2D eigenvalue weighted by molar-refractivity contribution is 5.48. The van der Waals surface area contributed by atoms with E-state index in [1.165, 1.54) is 17.0 Å². The summed E-state index contributed by atoms with van der Waals surface area (Å²) in [5, 5.41) is 0. The summed E-state index contributed by atoms with van der Waals surface area (Å²) in [6.45, 7) is 23.2. The number of rotatable bonds is 0. The average molecular weight is 263 g/mol. The molecule has 0 aliphatic carbocycles. The van der Waals surface area contributed by atoms with Crippen molar-refractivity contribution in [1.29, 1.82) is 0 Å². The molecule has 1 aromatic rings. The van der Waals surface area contributed by atoms with Gasteiger partial charge >= 0.3 is 0 Å². The van der Waals surface area contributed by atoms with E-state index in [1.54, 1.807) is 5.56 Å². The lowest BCUT2D eigenvalue weighted by Crippen LogP contribution is -2.26. The van der Waals surface area contributed by atoms with Crippen LogP contribution in [0, 0.1) is 6.92 Å². The standard InChI is InChI=1S/C18H33N/c1-12-13(16(2,3)4)14(17(5,6)7)15(19(12)11)18(8,9)10/h1-11H3. The van der Waals surface area contributed by atoms with Gasteiger partial charge in [0.15, 0.2) is 0 Å². The normalized spacial score (nSPS) is 14.1. The molecule has 0 saturated carbocycles. The Bertz CT molecular complexity index is 430. The molecule has 1 heterocycles.